The van der Waals surface area contributed by atoms with E-state index in [-0.39, 0.29) is 5.91 Å². The smallest absolute Gasteiger partial charge is 0.224 e. The van der Waals surface area contributed by atoms with Gasteiger partial charge in [0.05, 0.1) is 0 Å². The van der Waals surface area contributed by atoms with Crippen LogP contribution < -0.4 is 10.1 Å². The van der Waals surface area contributed by atoms with Crippen LogP contribution in [0.4, 0.5) is 5.69 Å². The van der Waals surface area contributed by atoms with E-state index in [1.807, 2.05) is 6.92 Å². The van der Waals surface area contributed by atoms with Gasteiger partial charge in [-0.25, -0.2) is 9.97 Å². The van der Waals surface area contributed by atoms with Crippen molar-refractivity contribution in [3.05, 3.63) is 54.9 Å². The van der Waals surface area contributed by atoms with Gasteiger partial charge in [0.2, 0.25) is 11.8 Å². The maximum absolute atomic E-state index is 11.4. The van der Waals surface area contributed by atoms with Gasteiger partial charge in [-0.15, -0.1) is 0 Å². The predicted octanol–water partition coefficient (Wildman–Crippen LogP) is 3.11. The number of carbonyl (C=O) groups is 1. The number of rotatable bonds is 5. The molecule has 0 bridgehead atoms. The predicted molar refractivity (Wildman–Crippen MR) is 89.3 cm³/mol. The summed E-state index contributed by atoms with van der Waals surface area (Å²) in [5.41, 5.74) is 0.729. The fourth-order valence-corrected chi connectivity index (χ4v) is 2.08. The fourth-order valence-electron chi connectivity index (χ4n) is 2.08. The minimum atomic E-state index is -0.0277. The fraction of sp³-hybridized carbons (Fsp3) is 0.176. The summed E-state index contributed by atoms with van der Waals surface area (Å²) in [7, 11) is 0. The Labute approximate surface area is 139 Å². The van der Waals surface area contributed by atoms with Crippen LogP contribution in [0, 0.1) is 6.92 Å². The number of benzene rings is 1. The molecule has 3 aromatic rings. The molecule has 24 heavy (non-hydrogen) atoms. The van der Waals surface area contributed by atoms with Gasteiger partial charge in [-0.05, 0) is 31.2 Å². The van der Waals surface area contributed by atoms with E-state index in [9.17, 15) is 4.79 Å². The molecule has 0 saturated heterocycles. The largest absolute Gasteiger partial charge is 0.439 e. The molecule has 2 aromatic heterocycles. The molecule has 1 N–H and O–H groups in total. The highest BCUT2D eigenvalue weighted by molar-refractivity contribution is 5.90. The average Bonchev–Trinajstić information content (AvgIpc) is 3.10. The number of aryl methyl sites for hydroxylation is 1. The van der Waals surface area contributed by atoms with Crippen LogP contribution in [0.2, 0.25) is 0 Å². The molecule has 0 atom stereocenters. The number of imidazole rings is 1. The van der Waals surface area contributed by atoms with Gasteiger partial charge in [-0.1, -0.05) is 6.92 Å². The highest BCUT2D eigenvalue weighted by Gasteiger charge is 2.06. The highest BCUT2D eigenvalue weighted by atomic mass is 16.5. The van der Waals surface area contributed by atoms with Crippen molar-refractivity contribution in [2.45, 2.75) is 20.3 Å². The SMILES string of the molecule is CCC(=O)Nc1ccc(Oc2cc(-n3ccnc3)nc(C)n2)cc1. The van der Waals surface area contributed by atoms with Gasteiger partial charge in [0.1, 0.15) is 23.7 Å². The Morgan fingerprint density at radius 1 is 1.25 bits per heavy atom. The van der Waals surface area contributed by atoms with Crippen LogP contribution >= 0.6 is 0 Å². The topological polar surface area (TPSA) is 81.9 Å². The molecule has 0 saturated carbocycles. The summed E-state index contributed by atoms with van der Waals surface area (Å²) in [6, 6.07) is 8.86. The van der Waals surface area contributed by atoms with E-state index in [2.05, 4.69) is 20.3 Å². The molecular weight excluding hydrogens is 306 g/mol. The molecule has 3 rings (SSSR count). The number of carbonyl (C=O) groups excluding carboxylic acids is 1. The summed E-state index contributed by atoms with van der Waals surface area (Å²) < 4.78 is 7.57. The summed E-state index contributed by atoms with van der Waals surface area (Å²) in [4.78, 5) is 24.0. The molecule has 0 aliphatic rings. The van der Waals surface area contributed by atoms with Crippen molar-refractivity contribution < 1.29 is 9.53 Å². The summed E-state index contributed by atoms with van der Waals surface area (Å²) >= 11 is 0. The van der Waals surface area contributed by atoms with Crippen LogP contribution in [-0.2, 0) is 4.79 Å². The Morgan fingerprint density at radius 2 is 2.04 bits per heavy atom. The lowest BCUT2D eigenvalue weighted by Gasteiger charge is -2.09. The molecule has 0 spiro atoms. The molecule has 122 valence electrons. The van der Waals surface area contributed by atoms with Crippen LogP contribution in [-0.4, -0.2) is 25.4 Å². The molecule has 0 unspecified atom stereocenters. The lowest BCUT2D eigenvalue weighted by Crippen LogP contribution is -2.09. The Kier molecular flexibility index (Phi) is 4.51. The highest BCUT2D eigenvalue weighted by Crippen LogP contribution is 2.23. The van der Waals surface area contributed by atoms with Crippen LogP contribution in [0.1, 0.15) is 19.2 Å². The van der Waals surface area contributed by atoms with E-state index in [0.29, 0.717) is 29.7 Å². The van der Waals surface area contributed by atoms with Gasteiger partial charge >= 0.3 is 0 Å². The first-order valence-corrected chi connectivity index (χ1v) is 7.56. The number of nitrogens with zero attached hydrogens (tertiary/aromatic N) is 4. The Morgan fingerprint density at radius 3 is 2.71 bits per heavy atom. The zero-order chi connectivity index (χ0) is 16.9. The third-order valence-electron chi connectivity index (χ3n) is 3.25. The Balaban J connectivity index is 1.77. The first kappa shape index (κ1) is 15.7. The third kappa shape index (κ3) is 3.75. The molecule has 0 radical (unpaired) electrons. The molecule has 7 heteroatoms. The standard InChI is InChI=1S/C17H17N5O2/c1-3-16(23)21-13-4-6-14(7-5-13)24-17-10-15(19-12(2)20-17)22-9-8-18-11-22/h4-11H,3H2,1-2H3,(H,21,23). The number of hydrogen-bond acceptors (Lipinski definition) is 5. The number of ether oxygens (including phenoxy) is 1. The lowest BCUT2D eigenvalue weighted by atomic mass is 10.3. The van der Waals surface area contributed by atoms with E-state index in [4.69, 9.17) is 4.74 Å². The summed E-state index contributed by atoms with van der Waals surface area (Å²) in [6.45, 7) is 3.61. The zero-order valence-electron chi connectivity index (χ0n) is 13.4. The summed E-state index contributed by atoms with van der Waals surface area (Å²) in [5, 5.41) is 2.79. The first-order valence-electron chi connectivity index (χ1n) is 7.56. The molecule has 2 heterocycles. The number of hydrogen-bond donors (Lipinski definition) is 1. The second-order valence-electron chi connectivity index (χ2n) is 5.11. The summed E-state index contributed by atoms with van der Waals surface area (Å²) in [6.07, 6.45) is 5.59. The van der Waals surface area contributed by atoms with Gasteiger partial charge in [0.15, 0.2) is 0 Å². The van der Waals surface area contributed by atoms with E-state index in [0.717, 1.165) is 5.69 Å². The number of nitrogens with one attached hydrogen (secondary N) is 1. The zero-order valence-corrected chi connectivity index (χ0v) is 13.4. The van der Waals surface area contributed by atoms with Gasteiger partial charge in [0.25, 0.3) is 0 Å². The van der Waals surface area contributed by atoms with Gasteiger partial charge in [-0.3, -0.25) is 9.36 Å². The summed E-state index contributed by atoms with van der Waals surface area (Å²) in [5.74, 6) is 2.32. The van der Waals surface area contributed by atoms with Crippen LogP contribution in [0.25, 0.3) is 5.82 Å². The van der Waals surface area contributed by atoms with Crippen molar-refractivity contribution in [1.29, 1.82) is 0 Å². The molecule has 0 aliphatic heterocycles. The van der Waals surface area contributed by atoms with E-state index < -0.39 is 0 Å². The molecule has 0 aliphatic carbocycles. The van der Waals surface area contributed by atoms with E-state index in [1.165, 1.54) is 0 Å². The maximum Gasteiger partial charge on any atom is 0.224 e. The minimum Gasteiger partial charge on any atom is -0.439 e. The van der Waals surface area contributed by atoms with E-state index in [1.54, 1.807) is 60.5 Å². The molecular formula is C17H17N5O2. The third-order valence-corrected chi connectivity index (χ3v) is 3.25. The number of amides is 1. The van der Waals surface area contributed by atoms with Crippen LogP contribution in [0.3, 0.4) is 0 Å². The van der Waals surface area contributed by atoms with E-state index >= 15 is 0 Å². The lowest BCUT2D eigenvalue weighted by molar-refractivity contribution is -0.115. The van der Waals surface area contributed by atoms with Crippen LogP contribution in [0.15, 0.2) is 49.1 Å². The first-order chi connectivity index (χ1) is 11.6. The monoisotopic (exact) mass is 323 g/mol. The van der Waals surface area contributed by atoms with Crippen molar-refractivity contribution in [3.63, 3.8) is 0 Å². The quantitative estimate of drug-likeness (QED) is 0.780. The van der Waals surface area contributed by atoms with Crippen molar-refractivity contribution in [3.8, 4) is 17.4 Å². The van der Waals surface area contributed by atoms with Crippen molar-refractivity contribution in [1.82, 2.24) is 19.5 Å². The Bertz CT molecular complexity index is 829. The van der Waals surface area contributed by atoms with Gasteiger partial charge in [-0.2, -0.15) is 4.98 Å². The maximum atomic E-state index is 11.4. The van der Waals surface area contributed by atoms with Gasteiger partial charge in [0, 0.05) is 30.6 Å². The number of anilines is 1. The van der Waals surface area contributed by atoms with Crippen molar-refractivity contribution in [2.24, 2.45) is 0 Å². The second kappa shape index (κ2) is 6.91. The van der Waals surface area contributed by atoms with Crippen LogP contribution in [0.5, 0.6) is 11.6 Å². The van der Waals surface area contributed by atoms with Gasteiger partial charge < -0.3 is 10.1 Å². The molecule has 0 fully saturated rings. The minimum absolute atomic E-state index is 0.0277. The van der Waals surface area contributed by atoms with Crippen molar-refractivity contribution >= 4 is 11.6 Å². The Hall–Kier alpha value is -3.22. The second-order valence-corrected chi connectivity index (χ2v) is 5.11. The van der Waals surface area contributed by atoms with Crippen molar-refractivity contribution in [2.75, 3.05) is 5.32 Å². The normalized spacial score (nSPS) is 10.4. The molecule has 7 nitrogen and oxygen atoms in total. The average molecular weight is 323 g/mol. The number of aromatic nitrogens is 4. The molecule has 1 aromatic carbocycles. The molecule has 1 amide bonds.